The Labute approximate surface area is 185 Å². The van der Waals surface area contributed by atoms with Crippen molar-refractivity contribution in [2.75, 3.05) is 4.90 Å². The van der Waals surface area contributed by atoms with Gasteiger partial charge in [0.05, 0.1) is 15.5 Å². The SMILES string of the molecule is Cc1ccc(SC2=C(Sc3ccc(C)cc3)C(=O)N(c3ccc(C)cc3)C2=O)cc1. The fourth-order valence-electron chi connectivity index (χ4n) is 3.05. The largest absolute Gasteiger partial charge is 0.273 e. The Balaban J connectivity index is 1.73. The smallest absolute Gasteiger partial charge is 0.268 e. The summed E-state index contributed by atoms with van der Waals surface area (Å²) in [4.78, 5) is 30.8. The third-order valence-corrected chi connectivity index (χ3v) is 7.09. The molecule has 30 heavy (non-hydrogen) atoms. The van der Waals surface area contributed by atoms with Gasteiger partial charge in [-0.15, -0.1) is 0 Å². The number of nitrogens with zero attached hydrogens (tertiary/aromatic N) is 1. The Bertz CT molecular complexity index is 1060. The minimum atomic E-state index is -0.274. The summed E-state index contributed by atoms with van der Waals surface area (Å²) in [7, 11) is 0. The van der Waals surface area contributed by atoms with Gasteiger partial charge in [-0.1, -0.05) is 76.6 Å². The van der Waals surface area contributed by atoms with E-state index in [4.69, 9.17) is 0 Å². The normalized spacial score (nSPS) is 14.0. The lowest BCUT2D eigenvalue weighted by Gasteiger charge is -2.15. The van der Waals surface area contributed by atoms with Crippen LogP contribution in [0.15, 0.2) is 92.4 Å². The maximum atomic E-state index is 13.3. The Morgan fingerprint density at radius 3 is 1.23 bits per heavy atom. The van der Waals surface area contributed by atoms with Crippen LogP contribution in [0, 0.1) is 20.8 Å². The van der Waals surface area contributed by atoms with E-state index < -0.39 is 0 Å². The molecular weight excluding hydrogens is 410 g/mol. The number of anilines is 1. The highest BCUT2D eigenvalue weighted by Crippen LogP contribution is 2.43. The van der Waals surface area contributed by atoms with Crippen LogP contribution in [0.25, 0.3) is 0 Å². The second kappa shape index (κ2) is 8.54. The van der Waals surface area contributed by atoms with Gasteiger partial charge in [0, 0.05) is 9.79 Å². The summed E-state index contributed by atoms with van der Waals surface area (Å²) in [6.07, 6.45) is 0. The molecule has 0 saturated heterocycles. The van der Waals surface area contributed by atoms with Crippen LogP contribution in [0.5, 0.6) is 0 Å². The molecule has 3 nitrogen and oxygen atoms in total. The van der Waals surface area contributed by atoms with Crippen LogP contribution in [0.4, 0.5) is 5.69 Å². The summed E-state index contributed by atoms with van der Waals surface area (Å²) in [5, 5.41) is 0. The molecule has 0 radical (unpaired) electrons. The Morgan fingerprint density at radius 2 is 0.867 bits per heavy atom. The van der Waals surface area contributed by atoms with Gasteiger partial charge in [0.15, 0.2) is 0 Å². The minimum Gasteiger partial charge on any atom is -0.268 e. The quantitative estimate of drug-likeness (QED) is 0.446. The first-order chi connectivity index (χ1) is 14.4. The monoisotopic (exact) mass is 431 g/mol. The van der Waals surface area contributed by atoms with E-state index in [1.165, 1.54) is 28.4 Å². The third-order valence-electron chi connectivity index (χ3n) is 4.77. The Morgan fingerprint density at radius 1 is 0.533 bits per heavy atom. The lowest BCUT2D eigenvalue weighted by Crippen LogP contribution is -2.31. The standard InChI is InChI=1S/C25H21NO2S2/c1-16-4-10-19(11-5-16)26-24(27)22(29-20-12-6-17(2)7-13-20)23(25(26)28)30-21-14-8-18(3)9-15-21/h4-15H,1-3H3. The summed E-state index contributed by atoms with van der Waals surface area (Å²) < 4.78 is 0. The second-order valence-electron chi connectivity index (χ2n) is 7.27. The van der Waals surface area contributed by atoms with Crippen molar-refractivity contribution in [1.29, 1.82) is 0 Å². The molecule has 0 aliphatic carbocycles. The van der Waals surface area contributed by atoms with Crippen molar-refractivity contribution in [3.05, 3.63) is 99.3 Å². The maximum absolute atomic E-state index is 13.3. The Kier molecular flexibility index (Phi) is 5.84. The molecule has 0 saturated carbocycles. The molecule has 0 bridgehead atoms. The molecule has 1 aliphatic heterocycles. The average molecular weight is 432 g/mol. The molecule has 150 valence electrons. The molecule has 3 aromatic rings. The highest BCUT2D eigenvalue weighted by Gasteiger charge is 2.40. The number of imide groups is 1. The summed E-state index contributed by atoms with van der Waals surface area (Å²) >= 11 is 2.70. The van der Waals surface area contributed by atoms with Crippen molar-refractivity contribution in [3.63, 3.8) is 0 Å². The lowest BCUT2D eigenvalue weighted by molar-refractivity contribution is -0.120. The van der Waals surface area contributed by atoms with Crippen LogP contribution in [0.2, 0.25) is 0 Å². The zero-order valence-electron chi connectivity index (χ0n) is 17.0. The van der Waals surface area contributed by atoms with Crippen LogP contribution < -0.4 is 4.90 Å². The summed E-state index contributed by atoms with van der Waals surface area (Å²) in [6, 6.07) is 23.4. The van der Waals surface area contributed by atoms with E-state index in [0.717, 1.165) is 26.5 Å². The predicted molar refractivity (Wildman–Crippen MR) is 125 cm³/mol. The molecule has 1 heterocycles. The van der Waals surface area contributed by atoms with Gasteiger partial charge in [-0.05, 0) is 57.2 Å². The van der Waals surface area contributed by atoms with Crippen molar-refractivity contribution >= 4 is 41.0 Å². The van der Waals surface area contributed by atoms with E-state index in [2.05, 4.69) is 0 Å². The Hall–Kier alpha value is -2.76. The molecule has 0 unspecified atom stereocenters. The number of hydrogen-bond acceptors (Lipinski definition) is 4. The van der Waals surface area contributed by atoms with Gasteiger partial charge in [0.25, 0.3) is 11.8 Å². The fraction of sp³-hybridized carbons (Fsp3) is 0.120. The number of thioether (sulfide) groups is 2. The van der Waals surface area contributed by atoms with Gasteiger partial charge >= 0.3 is 0 Å². The van der Waals surface area contributed by atoms with Crippen LogP contribution >= 0.6 is 23.5 Å². The zero-order valence-corrected chi connectivity index (χ0v) is 18.6. The summed E-state index contributed by atoms with van der Waals surface area (Å²) in [5.41, 5.74) is 3.97. The van der Waals surface area contributed by atoms with Gasteiger partial charge in [0.2, 0.25) is 0 Å². The number of aryl methyl sites for hydroxylation is 3. The minimum absolute atomic E-state index is 0.274. The van der Waals surface area contributed by atoms with E-state index in [-0.39, 0.29) is 11.8 Å². The average Bonchev–Trinajstić information content (AvgIpc) is 2.96. The van der Waals surface area contributed by atoms with E-state index >= 15 is 0 Å². The van der Waals surface area contributed by atoms with Crippen LogP contribution in [0.1, 0.15) is 16.7 Å². The number of rotatable bonds is 5. The molecule has 0 aromatic heterocycles. The zero-order chi connectivity index (χ0) is 21.3. The molecule has 5 heteroatoms. The first-order valence-corrected chi connectivity index (χ1v) is 11.2. The molecule has 0 fully saturated rings. The fourth-order valence-corrected chi connectivity index (χ4v) is 5.03. The van der Waals surface area contributed by atoms with Gasteiger partial charge < -0.3 is 0 Å². The molecule has 0 atom stereocenters. The van der Waals surface area contributed by atoms with Crippen molar-refractivity contribution in [2.24, 2.45) is 0 Å². The summed E-state index contributed by atoms with van der Waals surface area (Å²) in [5.74, 6) is -0.548. The molecule has 1 aliphatic rings. The maximum Gasteiger partial charge on any atom is 0.273 e. The van der Waals surface area contributed by atoms with Gasteiger partial charge in [-0.2, -0.15) is 0 Å². The van der Waals surface area contributed by atoms with Crippen molar-refractivity contribution < 1.29 is 9.59 Å². The van der Waals surface area contributed by atoms with E-state index in [1.54, 1.807) is 0 Å². The van der Waals surface area contributed by atoms with Crippen molar-refractivity contribution in [2.45, 2.75) is 30.6 Å². The molecule has 3 aromatic carbocycles. The van der Waals surface area contributed by atoms with Crippen LogP contribution in [0.3, 0.4) is 0 Å². The van der Waals surface area contributed by atoms with Gasteiger partial charge in [-0.25, -0.2) is 4.90 Å². The van der Waals surface area contributed by atoms with Crippen molar-refractivity contribution in [1.82, 2.24) is 0 Å². The first kappa shape index (κ1) is 20.5. The second-order valence-corrected chi connectivity index (χ2v) is 9.44. The molecule has 0 N–H and O–H groups in total. The molecule has 4 rings (SSSR count). The summed E-state index contributed by atoms with van der Waals surface area (Å²) in [6.45, 7) is 6.03. The molecular formula is C25H21NO2S2. The lowest BCUT2D eigenvalue weighted by atomic mass is 10.2. The van der Waals surface area contributed by atoms with E-state index in [0.29, 0.717) is 15.5 Å². The number of hydrogen-bond donors (Lipinski definition) is 0. The van der Waals surface area contributed by atoms with E-state index in [9.17, 15) is 9.59 Å². The van der Waals surface area contributed by atoms with Gasteiger partial charge in [-0.3, -0.25) is 9.59 Å². The van der Waals surface area contributed by atoms with E-state index in [1.807, 2.05) is 93.6 Å². The predicted octanol–water partition coefficient (Wildman–Crippen LogP) is 6.28. The highest BCUT2D eigenvalue weighted by atomic mass is 32.2. The van der Waals surface area contributed by atoms with Crippen LogP contribution in [-0.2, 0) is 9.59 Å². The van der Waals surface area contributed by atoms with Crippen molar-refractivity contribution in [3.8, 4) is 0 Å². The molecule has 0 spiro atoms. The molecule has 2 amide bonds. The van der Waals surface area contributed by atoms with Gasteiger partial charge in [0.1, 0.15) is 0 Å². The third kappa shape index (κ3) is 4.23. The number of carbonyl (C=O) groups excluding carboxylic acids is 2. The number of benzene rings is 3. The first-order valence-electron chi connectivity index (χ1n) is 9.61. The number of amides is 2. The van der Waals surface area contributed by atoms with Crippen LogP contribution in [-0.4, -0.2) is 11.8 Å². The highest BCUT2D eigenvalue weighted by molar-refractivity contribution is 8.08. The topological polar surface area (TPSA) is 37.4 Å². The number of carbonyl (C=O) groups is 2.